The summed E-state index contributed by atoms with van der Waals surface area (Å²) in [6.45, 7) is 0. The molecule has 4 aromatic rings. The van der Waals surface area contributed by atoms with Crippen LogP contribution in [-0.4, -0.2) is 30.6 Å². The van der Waals surface area contributed by atoms with Crippen molar-refractivity contribution in [3.05, 3.63) is 111 Å². The topological polar surface area (TPSA) is 96.5 Å². The zero-order valence-electron chi connectivity index (χ0n) is 20.8. The van der Waals surface area contributed by atoms with Gasteiger partial charge < -0.3 is 20.7 Å². The van der Waals surface area contributed by atoms with E-state index in [1.807, 2.05) is 29.6 Å². The SMILES string of the molecule is COc1ccc(Cl)cc1NC(=O)CSc1cccc(NC(=O)/C(=C/c2cccs2)NC(=O)c2ccccc2)c1. The van der Waals surface area contributed by atoms with Crippen LogP contribution in [0.1, 0.15) is 15.2 Å². The van der Waals surface area contributed by atoms with Gasteiger partial charge in [0.2, 0.25) is 5.91 Å². The van der Waals surface area contributed by atoms with E-state index in [-0.39, 0.29) is 23.3 Å². The molecule has 0 radical (unpaired) electrons. The second-order valence-electron chi connectivity index (χ2n) is 8.06. The van der Waals surface area contributed by atoms with Crippen molar-refractivity contribution in [2.24, 2.45) is 0 Å². The van der Waals surface area contributed by atoms with Gasteiger partial charge in [0.25, 0.3) is 11.8 Å². The molecule has 0 unspecified atom stereocenters. The van der Waals surface area contributed by atoms with Crippen LogP contribution >= 0.6 is 34.7 Å². The van der Waals surface area contributed by atoms with Crippen LogP contribution in [0.25, 0.3) is 6.08 Å². The number of halogens is 1. The molecule has 3 aromatic carbocycles. The van der Waals surface area contributed by atoms with Crippen LogP contribution in [0.15, 0.2) is 101 Å². The second-order valence-corrected chi connectivity index (χ2v) is 10.5. The Kier molecular flexibility index (Phi) is 9.80. The number of methoxy groups -OCH3 is 1. The van der Waals surface area contributed by atoms with Crippen molar-refractivity contribution in [1.82, 2.24) is 5.32 Å². The molecule has 4 rings (SSSR count). The van der Waals surface area contributed by atoms with Gasteiger partial charge >= 0.3 is 0 Å². The Labute approximate surface area is 239 Å². The molecule has 7 nitrogen and oxygen atoms in total. The maximum atomic E-state index is 13.2. The molecule has 0 aliphatic rings. The number of benzene rings is 3. The van der Waals surface area contributed by atoms with E-state index in [0.717, 1.165) is 9.77 Å². The van der Waals surface area contributed by atoms with E-state index in [4.69, 9.17) is 16.3 Å². The van der Waals surface area contributed by atoms with Crippen molar-refractivity contribution >= 4 is 69.9 Å². The van der Waals surface area contributed by atoms with E-state index in [1.54, 1.807) is 66.7 Å². The maximum Gasteiger partial charge on any atom is 0.272 e. The minimum atomic E-state index is -0.472. The normalized spacial score (nSPS) is 11.0. The Morgan fingerprint density at radius 3 is 2.51 bits per heavy atom. The molecule has 1 aromatic heterocycles. The molecule has 0 saturated heterocycles. The number of nitrogens with one attached hydrogen (secondary N) is 3. The summed E-state index contributed by atoms with van der Waals surface area (Å²) in [6.07, 6.45) is 1.63. The number of hydrogen-bond acceptors (Lipinski definition) is 6. The van der Waals surface area contributed by atoms with Crippen LogP contribution in [0.3, 0.4) is 0 Å². The first-order valence-electron chi connectivity index (χ1n) is 11.7. The first kappa shape index (κ1) is 28.0. The monoisotopic (exact) mass is 577 g/mol. The number of thiophene rings is 1. The third kappa shape index (κ3) is 8.22. The molecule has 0 saturated carbocycles. The first-order valence-corrected chi connectivity index (χ1v) is 13.9. The van der Waals surface area contributed by atoms with Gasteiger partial charge in [0.15, 0.2) is 0 Å². The van der Waals surface area contributed by atoms with Crippen LogP contribution in [-0.2, 0) is 9.59 Å². The van der Waals surface area contributed by atoms with Gasteiger partial charge in [-0.25, -0.2) is 0 Å². The quantitative estimate of drug-likeness (QED) is 0.147. The van der Waals surface area contributed by atoms with E-state index < -0.39 is 5.91 Å². The van der Waals surface area contributed by atoms with Gasteiger partial charge in [0.05, 0.1) is 18.6 Å². The molecule has 0 spiro atoms. The highest BCUT2D eigenvalue weighted by Crippen LogP contribution is 2.28. The number of carbonyl (C=O) groups is 3. The lowest BCUT2D eigenvalue weighted by Gasteiger charge is -2.12. The number of amides is 3. The lowest BCUT2D eigenvalue weighted by molar-refractivity contribution is -0.114. The fourth-order valence-electron chi connectivity index (χ4n) is 3.43. The van der Waals surface area contributed by atoms with Crippen molar-refractivity contribution < 1.29 is 19.1 Å². The van der Waals surface area contributed by atoms with Crippen LogP contribution in [0.4, 0.5) is 11.4 Å². The standard InChI is InChI=1S/C29H24ClN3O4S2/c1-37-26-13-12-20(30)15-24(26)32-27(34)18-39-22-10-5-9-21(16-22)31-29(36)25(17-23-11-6-14-38-23)33-28(35)19-7-3-2-4-8-19/h2-17H,18H2,1H3,(H,31,36)(H,32,34)(H,33,35)/b25-17-. The molecule has 1 heterocycles. The van der Waals surface area contributed by atoms with E-state index in [9.17, 15) is 14.4 Å². The Hall–Kier alpha value is -4.05. The fourth-order valence-corrected chi connectivity index (χ4v) is 5.02. The maximum absolute atomic E-state index is 13.2. The molecule has 39 heavy (non-hydrogen) atoms. The summed E-state index contributed by atoms with van der Waals surface area (Å²) in [5, 5.41) is 10.7. The summed E-state index contributed by atoms with van der Waals surface area (Å²) in [7, 11) is 1.52. The first-order chi connectivity index (χ1) is 18.9. The third-order valence-electron chi connectivity index (χ3n) is 5.26. The van der Waals surface area contributed by atoms with E-state index in [2.05, 4.69) is 16.0 Å². The highest BCUT2D eigenvalue weighted by atomic mass is 35.5. The number of rotatable bonds is 10. The van der Waals surface area contributed by atoms with Crippen molar-refractivity contribution in [2.75, 3.05) is 23.5 Å². The summed E-state index contributed by atoms with van der Waals surface area (Å²) in [4.78, 5) is 40.1. The van der Waals surface area contributed by atoms with Gasteiger partial charge in [0.1, 0.15) is 11.4 Å². The van der Waals surface area contributed by atoms with Gasteiger partial charge in [-0.1, -0.05) is 41.9 Å². The number of thioether (sulfide) groups is 1. The van der Waals surface area contributed by atoms with Gasteiger partial charge in [0, 0.05) is 26.0 Å². The van der Waals surface area contributed by atoms with E-state index in [1.165, 1.54) is 30.2 Å². The average Bonchev–Trinajstić information content (AvgIpc) is 3.45. The lowest BCUT2D eigenvalue weighted by atomic mass is 10.2. The molecule has 3 amide bonds. The summed E-state index contributed by atoms with van der Waals surface area (Å²) in [6, 6.07) is 24.5. The van der Waals surface area contributed by atoms with Crippen molar-refractivity contribution in [1.29, 1.82) is 0 Å². The smallest absolute Gasteiger partial charge is 0.272 e. The summed E-state index contributed by atoms with van der Waals surface area (Å²) in [5.41, 5.74) is 1.56. The van der Waals surface area contributed by atoms with Crippen molar-refractivity contribution in [2.45, 2.75) is 4.90 Å². The van der Waals surface area contributed by atoms with Gasteiger partial charge in [-0.3, -0.25) is 14.4 Å². The van der Waals surface area contributed by atoms with Crippen molar-refractivity contribution in [3.8, 4) is 5.75 Å². The summed E-state index contributed by atoms with van der Waals surface area (Å²) >= 11 is 8.79. The molecule has 0 aliphatic carbocycles. The third-order valence-corrected chi connectivity index (χ3v) is 7.30. The van der Waals surface area contributed by atoms with E-state index in [0.29, 0.717) is 27.7 Å². The summed E-state index contributed by atoms with van der Waals surface area (Å²) in [5.74, 6) is -0.460. The molecular weight excluding hydrogens is 554 g/mol. The predicted molar refractivity (Wildman–Crippen MR) is 159 cm³/mol. The van der Waals surface area contributed by atoms with Crippen LogP contribution in [0.5, 0.6) is 5.75 Å². The zero-order valence-corrected chi connectivity index (χ0v) is 23.2. The zero-order chi connectivity index (χ0) is 27.6. The minimum absolute atomic E-state index is 0.110. The molecule has 198 valence electrons. The molecular formula is C29H24ClN3O4S2. The molecule has 0 bridgehead atoms. The van der Waals surface area contributed by atoms with E-state index >= 15 is 0 Å². The molecule has 10 heteroatoms. The average molecular weight is 578 g/mol. The highest BCUT2D eigenvalue weighted by Gasteiger charge is 2.16. The molecule has 3 N–H and O–H groups in total. The summed E-state index contributed by atoms with van der Waals surface area (Å²) < 4.78 is 5.27. The van der Waals surface area contributed by atoms with Crippen LogP contribution < -0.4 is 20.7 Å². The van der Waals surface area contributed by atoms with Crippen molar-refractivity contribution in [3.63, 3.8) is 0 Å². The second kappa shape index (κ2) is 13.7. The Morgan fingerprint density at radius 1 is 0.949 bits per heavy atom. The number of carbonyl (C=O) groups excluding carboxylic acids is 3. The minimum Gasteiger partial charge on any atom is -0.495 e. The number of ether oxygens (including phenoxy) is 1. The molecule has 0 aliphatic heterocycles. The highest BCUT2D eigenvalue weighted by molar-refractivity contribution is 8.00. The molecule has 0 fully saturated rings. The Bertz CT molecular complexity index is 1490. The van der Waals surface area contributed by atoms with Gasteiger partial charge in [-0.05, 0) is 66.1 Å². The van der Waals surface area contributed by atoms with Crippen LogP contribution in [0, 0.1) is 0 Å². The predicted octanol–water partition coefficient (Wildman–Crippen LogP) is 6.55. The molecule has 0 atom stereocenters. The number of anilines is 2. The lowest BCUT2D eigenvalue weighted by Crippen LogP contribution is -2.30. The number of hydrogen-bond donors (Lipinski definition) is 3. The Balaban J connectivity index is 1.41. The Morgan fingerprint density at radius 2 is 1.77 bits per heavy atom. The van der Waals surface area contributed by atoms with Gasteiger partial charge in [-0.15, -0.1) is 23.1 Å². The van der Waals surface area contributed by atoms with Crippen LogP contribution in [0.2, 0.25) is 5.02 Å². The van der Waals surface area contributed by atoms with Gasteiger partial charge in [-0.2, -0.15) is 0 Å². The largest absolute Gasteiger partial charge is 0.495 e. The fraction of sp³-hybridized carbons (Fsp3) is 0.0690.